The molecule has 4 nitrogen and oxygen atoms in total. The normalized spacial score (nSPS) is 11.3. The molecule has 1 aromatic rings. The van der Waals surface area contributed by atoms with Gasteiger partial charge in [0.25, 0.3) is 0 Å². The number of hydrogen-bond acceptors (Lipinski definition) is 3. The molecule has 1 rings (SSSR count). The molecule has 6 heteroatoms. The Morgan fingerprint density at radius 1 is 1.57 bits per heavy atom. The Labute approximate surface area is 88.4 Å². The minimum atomic E-state index is -3.35. The third-order valence-corrected chi connectivity index (χ3v) is 3.27. The molecule has 1 heterocycles. The standard InChI is InChI=1S/C8H11ClN2O2S/c1-7-3-2-5-10-8(7)11-14(12,13)6-4-9/h2-3,5H,4,6H2,1H3,(H,10,11). The lowest BCUT2D eigenvalue weighted by Crippen LogP contribution is -2.18. The van der Waals surface area contributed by atoms with E-state index in [1.165, 1.54) is 6.20 Å². The Bertz CT molecular complexity index is 406. The molecule has 0 amide bonds. The summed E-state index contributed by atoms with van der Waals surface area (Å²) in [6, 6.07) is 3.53. The van der Waals surface area contributed by atoms with Gasteiger partial charge in [-0.1, -0.05) is 6.07 Å². The van der Waals surface area contributed by atoms with Gasteiger partial charge in [-0.05, 0) is 18.6 Å². The highest BCUT2D eigenvalue weighted by molar-refractivity contribution is 7.92. The molecule has 0 aliphatic heterocycles. The van der Waals surface area contributed by atoms with Gasteiger partial charge in [0.15, 0.2) is 0 Å². The van der Waals surface area contributed by atoms with Crippen LogP contribution in [0.25, 0.3) is 0 Å². The fraction of sp³-hybridized carbons (Fsp3) is 0.375. The molecule has 0 aromatic carbocycles. The molecule has 1 N–H and O–H groups in total. The predicted molar refractivity (Wildman–Crippen MR) is 57.1 cm³/mol. The van der Waals surface area contributed by atoms with E-state index in [0.29, 0.717) is 5.82 Å². The van der Waals surface area contributed by atoms with Gasteiger partial charge < -0.3 is 0 Å². The second kappa shape index (κ2) is 4.61. The van der Waals surface area contributed by atoms with E-state index in [-0.39, 0.29) is 11.6 Å². The van der Waals surface area contributed by atoms with Gasteiger partial charge in [0, 0.05) is 12.1 Å². The Balaban J connectivity index is 2.84. The van der Waals surface area contributed by atoms with Gasteiger partial charge in [-0.3, -0.25) is 4.72 Å². The molecule has 0 radical (unpaired) electrons. The number of pyridine rings is 1. The van der Waals surface area contributed by atoms with E-state index >= 15 is 0 Å². The average molecular weight is 235 g/mol. The highest BCUT2D eigenvalue weighted by atomic mass is 35.5. The maximum absolute atomic E-state index is 11.3. The summed E-state index contributed by atoms with van der Waals surface area (Å²) in [5.74, 6) is 0.323. The van der Waals surface area contributed by atoms with E-state index in [4.69, 9.17) is 11.6 Å². The number of hydrogen-bond donors (Lipinski definition) is 1. The molecule has 0 unspecified atom stereocenters. The highest BCUT2D eigenvalue weighted by Gasteiger charge is 2.10. The first kappa shape index (κ1) is 11.3. The molecule has 0 fully saturated rings. The Morgan fingerprint density at radius 3 is 2.86 bits per heavy atom. The minimum Gasteiger partial charge on any atom is -0.267 e. The van der Waals surface area contributed by atoms with E-state index in [0.717, 1.165) is 5.56 Å². The number of rotatable bonds is 4. The summed E-state index contributed by atoms with van der Waals surface area (Å²) >= 11 is 5.35. The lowest BCUT2D eigenvalue weighted by Gasteiger charge is -2.07. The molecule has 0 saturated heterocycles. The van der Waals surface area contributed by atoms with Gasteiger partial charge in [-0.15, -0.1) is 11.6 Å². The van der Waals surface area contributed by atoms with E-state index < -0.39 is 10.0 Å². The van der Waals surface area contributed by atoms with Crippen LogP contribution in [-0.4, -0.2) is 25.0 Å². The molecule has 1 aromatic heterocycles. The fourth-order valence-electron chi connectivity index (χ4n) is 0.892. The van der Waals surface area contributed by atoms with Crippen LogP contribution in [0.3, 0.4) is 0 Å². The van der Waals surface area contributed by atoms with Crippen molar-refractivity contribution < 1.29 is 8.42 Å². The van der Waals surface area contributed by atoms with Crippen LogP contribution in [0.1, 0.15) is 5.56 Å². The van der Waals surface area contributed by atoms with Crippen LogP contribution in [0.5, 0.6) is 0 Å². The van der Waals surface area contributed by atoms with Crippen LogP contribution in [-0.2, 0) is 10.0 Å². The maximum atomic E-state index is 11.3. The molecule has 0 bridgehead atoms. The zero-order chi connectivity index (χ0) is 10.6. The Hall–Kier alpha value is -0.810. The van der Waals surface area contributed by atoms with Crippen molar-refractivity contribution in [3.63, 3.8) is 0 Å². The van der Waals surface area contributed by atoms with E-state index in [2.05, 4.69) is 9.71 Å². The summed E-state index contributed by atoms with van der Waals surface area (Å²) in [5.41, 5.74) is 0.783. The smallest absolute Gasteiger partial charge is 0.235 e. The second-order valence-electron chi connectivity index (χ2n) is 2.78. The first-order valence-electron chi connectivity index (χ1n) is 4.03. The number of nitrogens with zero attached hydrogens (tertiary/aromatic N) is 1. The lowest BCUT2D eigenvalue weighted by molar-refractivity contribution is 0.602. The number of aromatic nitrogens is 1. The van der Waals surface area contributed by atoms with Crippen molar-refractivity contribution >= 4 is 27.4 Å². The largest absolute Gasteiger partial charge is 0.267 e. The zero-order valence-electron chi connectivity index (χ0n) is 7.70. The van der Waals surface area contributed by atoms with Crippen molar-refractivity contribution in [3.05, 3.63) is 23.9 Å². The molecular formula is C8H11ClN2O2S. The molecule has 0 spiro atoms. The SMILES string of the molecule is Cc1cccnc1NS(=O)(=O)CCCl. The summed E-state index contributed by atoms with van der Waals surface area (Å²) in [7, 11) is -3.35. The Kier molecular flexibility index (Phi) is 3.71. The summed E-state index contributed by atoms with van der Waals surface area (Å²) in [6.07, 6.45) is 1.53. The summed E-state index contributed by atoms with van der Waals surface area (Å²) in [6.45, 7) is 1.78. The van der Waals surface area contributed by atoms with Crippen LogP contribution in [0, 0.1) is 6.92 Å². The molecular weight excluding hydrogens is 224 g/mol. The van der Waals surface area contributed by atoms with Crippen molar-refractivity contribution in [2.24, 2.45) is 0 Å². The first-order chi connectivity index (χ1) is 6.55. The highest BCUT2D eigenvalue weighted by Crippen LogP contribution is 2.11. The van der Waals surface area contributed by atoms with Crippen LogP contribution in [0.15, 0.2) is 18.3 Å². The molecule has 14 heavy (non-hydrogen) atoms. The van der Waals surface area contributed by atoms with Crippen molar-refractivity contribution in [2.45, 2.75) is 6.92 Å². The number of alkyl halides is 1. The van der Waals surface area contributed by atoms with E-state index in [1.54, 1.807) is 19.1 Å². The fourth-order valence-corrected chi connectivity index (χ4v) is 2.32. The first-order valence-corrected chi connectivity index (χ1v) is 6.22. The minimum absolute atomic E-state index is 0.0706. The van der Waals surface area contributed by atoms with Crippen molar-refractivity contribution in [3.8, 4) is 0 Å². The molecule has 0 aliphatic carbocycles. The number of halogens is 1. The van der Waals surface area contributed by atoms with Gasteiger partial charge in [0.2, 0.25) is 10.0 Å². The van der Waals surface area contributed by atoms with Gasteiger partial charge in [0.05, 0.1) is 5.75 Å². The van der Waals surface area contributed by atoms with Gasteiger partial charge in [0.1, 0.15) is 5.82 Å². The maximum Gasteiger partial charge on any atom is 0.235 e. The number of sulfonamides is 1. The third-order valence-electron chi connectivity index (χ3n) is 1.61. The van der Waals surface area contributed by atoms with E-state index in [9.17, 15) is 8.42 Å². The zero-order valence-corrected chi connectivity index (χ0v) is 9.27. The third kappa shape index (κ3) is 3.16. The molecule has 0 aliphatic rings. The molecule has 78 valence electrons. The van der Waals surface area contributed by atoms with Gasteiger partial charge in [-0.25, -0.2) is 13.4 Å². The van der Waals surface area contributed by atoms with Crippen molar-refractivity contribution in [2.75, 3.05) is 16.4 Å². The molecule has 0 saturated carbocycles. The van der Waals surface area contributed by atoms with Crippen LogP contribution in [0.2, 0.25) is 0 Å². The van der Waals surface area contributed by atoms with Crippen LogP contribution in [0.4, 0.5) is 5.82 Å². The monoisotopic (exact) mass is 234 g/mol. The second-order valence-corrected chi connectivity index (χ2v) is 5.00. The van der Waals surface area contributed by atoms with Gasteiger partial charge in [-0.2, -0.15) is 0 Å². The van der Waals surface area contributed by atoms with Crippen LogP contribution < -0.4 is 4.72 Å². The predicted octanol–water partition coefficient (Wildman–Crippen LogP) is 1.37. The lowest BCUT2D eigenvalue weighted by atomic mass is 10.3. The average Bonchev–Trinajstić information content (AvgIpc) is 2.08. The number of anilines is 1. The molecule has 0 atom stereocenters. The number of aryl methyl sites for hydroxylation is 1. The van der Waals surface area contributed by atoms with Gasteiger partial charge >= 0.3 is 0 Å². The summed E-state index contributed by atoms with van der Waals surface area (Å²) in [5, 5.41) is 0. The van der Waals surface area contributed by atoms with Crippen molar-refractivity contribution in [1.29, 1.82) is 0 Å². The Morgan fingerprint density at radius 2 is 2.29 bits per heavy atom. The van der Waals surface area contributed by atoms with Crippen molar-refractivity contribution in [1.82, 2.24) is 4.98 Å². The number of nitrogens with one attached hydrogen (secondary N) is 1. The van der Waals surface area contributed by atoms with Crippen LogP contribution >= 0.6 is 11.6 Å². The summed E-state index contributed by atoms with van der Waals surface area (Å²) < 4.78 is 25.0. The quantitative estimate of drug-likeness (QED) is 0.801. The topological polar surface area (TPSA) is 59.1 Å². The van der Waals surface area contributed by atoms with E-state index in [1.807, 2.05) is 0 Å². The summed E-state index contributed by atoms with van der Waals surface area (Å²) in [4.78, 5) is 3.91.